The van der Waals surface area contributed by atoms with Crippen molar-refractivity contribution in [1.29, 1.82) is 0 Å². The molecule has 0 atom stereocenters. The molecule has 0 bridgehead atoms. The maximum atomic E-state index is 9.11. The van der Waals surface area contributed by atoms with Gasteiger partial charge in [-0.25, -0.2) is 0 Å². The second-order valence-electron chi connectivity index (χ2n) is 3.31. The van der Waals surface area contributed by atoms with E-state index >= 15 is 0 Å². The van der Waals surface area contributed by atoms with Crippen LogP contribution in [0.4, 0.5) is 0 Å². The number of rotatable bonds is 2. The van der Waals surface area contributed by atoms with E-state index in [0.717, 1.165) is 0 Å². The standard InChI is InChI=1S/C12H8Cl2N2O/c13-9-1-2-11(14)10(7-9)12(16-17)8-3-5-15-6-4-8/h1-7,17H/b16-12-. The number of hydrogen-bond donors (Lipinski definition) is 1. The summed E-state index contributed by atoms with van der Waals surface area (Å²) in [6, 6.07) is 8.44. The van der Waals surface area contributed by atoms with Gasteiger partial charge in [0.1, 0.15) is 5.71 Å². The van der Waals surface area contributed by atoms with Crippen LogP contribution in [0.5, 0.6) is 0 Å². The first kappa shape index (κ1) is 11.9. The minimum Gasteiger partial charge on any atom is -0.410 e. The van der Waals surface area contributed by atoms with Crippen LogP contribution in [0.1, 0.15) is 11.1 Å². The monoisotopic (exact) mass is 266 g/mol. The maximum Gasteiger partial charge on any atom is 0.118 e. The number of hydrogen-bond acceptors (Lipinski definition) is 3. The maximum absolute atomic E-state index is 9.11. The third-order valence-corrected chi connectivity index (χ3v) is 2.80. The van der Waals surface area contributed by atoms with Crippen LogP contribution in [-0.2, 0) is 0 Å². The zero-order valence-electron chi connectivity index (χ0n) is 8.64. The van der Waals surface area contributed by atoms with Gasteiger partial charge in [0, 0.05) is 28.5 Å². The van der Waals surface area contributed by atoms with Crippen LogP contribution in [0.2, 0.25) is 10.0 Å². The Balaban J connectivity index is 2.54. The molecular formula is C12H8Cl2N2O. The number of oxime groups is 1. The lowest BCUT2D eigenvalue weighted by molar-refractivity contribution is 0.319. The predicted molar refractivity (Wildman–Crippen MR) is 68.1 cm³/mol. The molecule has 1 aromatic carbocycles. The molecule has 3 nitrogen and oxygen atoms in total. The van der Waals surface area contributed by atoms with Crippen molar-refractivity contribution in [2.24, 2.45) is 5.16 Å². The highest BCUT2D eigenvalue weighted by Crippen LogP contribution is 2.23. The Bertz CT molecular complexity index is 556. The third kappa shape index (κ3) is 2.57. The summed E-state index contributed by atoms with van der Waals surface area (Å²) in [4.78, 5) is 3.90. The molecule has 0 fully saturated rings. The Morgan fingerprint density at radius 2 is 1.82 bits per heavy atom. The van der Waals surface area contributed by atoms with Gasteiger partial charge in [0.2, 0.25) is 0 Å². The molecule has 0 spiro atoms. The molecule has 1 aromatic heterocycles. The van der Waals surface area contributed by atoms with Crippen molar-refractivity contribution in [3.8, 4) is 0 Å². The topological polar surface area (TPSA) is 45.5 Å². The lowest BCUT2D eigenvalue weighted by Gasteiger charge is -2.07. The number of aromatic nitrogens is 1. The average Bonchev–Trinajstić information content (AvgIpc) is 2.36. The van der Waals surface area contributed by atoms with E-state index in [4.69, 9.17) is 28.4 Å². The van der Waals surface area contributed by atoms with Crippen LogP contribution in [0.3, 0.4) is 0 Å². The van der Waals surface area contributed by atoms with Crippen LogP contribution in [0, 0.1) is 0 Å². The number of halogens is 2. The van der Waals surface area contributed by atoms with E-state index in [2.05, 4.69) is 10.1 Å². The molecule has 0 aliphatic rings. The number of benzene rings is 1. The fourth-order valence-corrected chi connectivity index (χ4v) is 1.84. The number of pyridine rings is 1. The van der Waals surface area contributed by atoms with Gasteiger partial charge >= 0.3 is 0 Å². The fraction of sp³-hybridized carbons (Fsp3) is 0. The molecule has 2 rings (SSSR count). The highest BCUT2D eigenvalue weighted by molar-refractivity contribution is 6.37. The molecule has 17 heavy (non-hydrogen) atoms. The fourth-order valence-electron chi connectivity index (χ4n) is 1.46. The van der Waals surface area contributed by atoms with Crippen LogP contribution >= 0.6 is 23.2 Å². The van der Waals surface area contributed by atoms with E-state index in [1.165, 1.54) is 0 Å². The van der Waals surface area contributed by atoms with Gasteiger partial charge in [-0.15, -0.1) is 0 Å². The second kappa shape index (κ2) is 5.17. The van der Waals surface area contributed by atoms with E-state index in [1.807, 2.05) is 0 Å². The first-order valence-corrected chi connectivity index (χ1v) is 5.56. The van der Waals surface area contributed by atoms with Crippen LogP contribution in [0.15, 0.2) is 47.9 Å². The molecule has 0 unspecified atom stereocenters. The van der Waals surface area contributed by atoms with Crippen molar-refractivity contribution < 1.29 is 5.21 Å². The molecule has 0 saturated carbocycles. The lowest BCUT2D eigenvalue weighted by atomic mass is 10.0. The van der Waals surface area contributed by atoms with Crippen molar-refractivity contribution in [1.82, 2.24) is 4.98 Å². The van der Waals surface area contributed by atoms with Gasteiger partial charge in [0.25, 0.3) is 0 Å². The van der Waals surface area contributed by atoms with E-state index in [1.54, 1.807) is 42.7 Å². The normalized spacial score (nSPS) is 11.5. The molecular weight excluding hydrogens is 259 g/mol. The van der Waals surface area contributed by atoms with Gasteiger partial charge in [-0.2, -0.15) is 0 Å². The van der Waals surface area contributed by atoms with Gasteiger partial charge in [0.15, 0.2) is 0 Å². The summed E-state index contributed by atoms with van der Waals surface area (Å²) < 4.78 is 0. The summed E-state index contributed by atoms with van der Waals surface area (Å²) >= 11 is 12.0. The molecule has 0 aliphatic heterocycles. The summed E-state index contributed by atoms with van der Waals surface area (Å²) in [5, 5.41) is 13.4. The Labute approximate surface area is 108 Å². The van der Waals surface area contributed by atoms with Crippen molar-refractivity contribution in [3.05, 3.63) is 63.9 Å². The van der Waals surface area contributed by atoms with Crippen LogP contribution in [-0.4, -0.2) is 15.9 Å². The SMILES string of the molecule is O/N=C(/c1ccncc1)c1cc(Cl)ccc1Cl. The molecule has 0 radical (unpaired) electrons. The lowest BCUT2D eigenvalue weighted by Crippen LogP contribution is -2.04. The largest absolute Gasteiger partial charge is 0.410 e. The van der Waals surface area contributed by atoms with Crippen molar-refractivity contribution >= 4 is 28.9 Å². The smallest absolute Gasteiger partial charge is 0.118 e. The second-order valence-corrected chi connectivity index (χ2v) is 4.15. The van der Waals surface area contributed by atoms with Crippen LogP contribution in [0.25, 0.3) is 0 Å². The minimum absolute atomic E-state index is 0.361. The Morgan fingerprint density at radius 1 is 1.12 bits per heavy atom. The van der Waals surface area contributed by atoms with Gasteiger partial charge in [-0.1, -0.05) is 28.4 Å². The van der Waals surface area contributed by atoms with E-state index in [-0.39, 0.29) is 0 Å². The van der Waals surface area contributed by atoms with Crippen molar-refractivity contribution in [3.63, 3.8) is 0 Å². The minimum atomic E-state index is 0.361. The summed E-state index contributed by atoms with van der Waals surface area (Å²) in [5.74, 6) is 0. The van der Waals surface area contributed by atoms with Gasteiger partial charge in [0.05, 0.1) is 5.02 Å². The van der Waals surface area contributed by atoms with E-state index in [0.29, 0.717) is 26.9 Å². The first-order chi connectivity index (χ1) is 8.22. The first-order valence-electron chi connectivity index (χ1n) is 4.80. The summed E-state index contributed by atoms with van der Waals surface area (Å²) in [6.07, 6.45) is 3.22. The average molecular weight is 267 g/mol. The van der Waals surface area contributed by atoms with Gasteiger partial charge in [-0.3, -0.25) is 4.98 Å². The summed E-state index contributed by atoms with van der Waals surface area (Å²) in [6.45, 7) is 0. The molecule has 2 aromatic rings. The Morgan fingerprint density at radius 3 is 2.47 bits per heavy atom. The molecule has 0 aliphatic carbocycles. The molecule has 0 saturated heterocycles. The van der Waals surface area contributed by atoms with Gasteiger partial charge < -0.3 is 5.21 Å². The zero-order valence-corrected chi connectivity index (χ0v) is 10.2. The summed E-state index contributed by atoms with van der Waals surface area (Å²) in [5.41, 5.74) is 1.65. The highest BCUT2D eigenvalue weighted by Gasteiger charge is 2.12. The zero-order chi connectivity index (χ0) is 12.3. The third-order valence-electron chi connectivity index (χ3n) is 2.24. The number of nitrogens with zero attached hydrogens (tertiary/aromatic N) is 2. The molecule has 1 heterocycles. The quantitative estimate of drug-likeness (QED) is 0.513. The van der Waals surface area contributed by atoms with Crippen molar-refractivity contribution in [2.45, 2.75) is 0 Å². The molecule has 5 heteroatoms. The Kier molecular flexibility index (Phi) is 3.61. The summed E-state index contributed by atoms with van der Waals surface area (Å²) in [7, 11) is 0. The molecule has 86 valence electrons. The molecule has 1 N–H and O–H groups in total. The van der Waals surface area contributed by atoms with Gasteiger partial charge in [-0.05, 0) is 30.3 Å². The Hall–Kier alpha value is -1.58. The van der Waals surface area contributed by atoms with Crippen LogP contribution < -0.4 is 0 Å². The van der Waals surface area contributed by atoms with Crippen molar-refractivity contribution in [2.75, 3.05) is 0 Å². The predicted octanol–water partition coefficient (Wildman–Crippen LogP) is 3.62. The highest BCUT2D eigenvalue weighted by atomic mass is 35.5. The molecule has 0 amide bonds. The van der Waals surface area contributed by atoms with E-state index < -0.39 is 0 Å². The van der Waals surface area contributed by atoms with E-state index in [9.17, 15) is 0 Å².